The molecule has 4 nitrogen and oxygen atoms in total. The quantitative estimate of drug-likeness (QED) is 0.817. The second-order valence-electron chi connectivity index (χ2n) is 3.94. The minimum atomic E-state index is -1.06. The summed E-state index contributed by atoms with van der Waals surface area (Å²) in [5.41, 5.74) is 0.536. The fourth-order valence-corrected chi connectivity index (χ4v) is 2.35. The van der Waals surface area contributed by atoms with Gasteiger partial charge in [0.25, 0.3) is 0 Å². The summed E-state index contributed by atoms with van der Waals surface area (Å²) in [4.78, 5) is 12.3. The number of hydrogen-bond acceptors (Lipinski definition) is 3. The van der Waals surface area contributed by atoms with Gasteiger partial charge in [0, 0.05) is 28.9 Å². The number of carbonyl (C=O) groups excluding carboxylic acids is 1. The molecule has 1 atom stereocenters. The fourth-order valence-electron chi connectivity index (χ4n) is 1.74. The zero-order chi connectivity index (χ0) is 14.0. The highest BCUT2D eigenvalue weighted by Crippen LogP contribution is 2.32. The number of rotatable bonds is 3. The smallest absolute Gasteiger partial charge is 0.204 e. The van der Waals surface area contributed by atoms with Gasteiger partial charge in [-0.05, 0) is 18.2 Å². The van der Waals surface area contributed by atoms with Gasteiger partial charge in [0.2, 0.25) is 5.78 Å². The molecule has 0 bridgehead atoms. The lowest BCUT2D eigenvalue weighted by Crippen LogP contribution is -2.13. The van der Waals surface area contributed by atoms with Crippen LogP contribution in [0.3, 0.4) is 0 Å². The van der Waals surface area contributed by atoms with Gasteiger partial charge >= 0.3 is 0 Å². The molecule has 2 rings (SSSR count). The zero-order valence-corrected chi connectivity index (χ0v) is 11.5. The molecular formula is C13H9Cl2N3O. The third-order valence-corrected chi connectivity index (χ3v) is 3.30. The number of aryl methyl sites for hydroxylation is 1. The number of Topliss-reactive ketones (excluding diaryl/α,β-unsaturated/α-hetero) is 1. The second-order valence-corrected chi connectivity index (χ2v) is 4.75. The average molecular weight is 294 g/mol. The van der Waals surface area contributed by atoms with Crippen LogP contribution in [0.4, 0.5) is 0 Å². The van der Waals surface area contributed by atoms with Crippen molar-refractivity contribution in [2.45, 2.75) is 5.92 Å². The predicted octanol–water partition coefficient (Wildman–Crippen LogP) is 3.22. The molecule has 1 aromatic heterocycles. The van der Waals surface area contributed by atoms with Crippen LogP contribution in [0.1, 0.15) is 22.0 Å². The van der Waals surface area contributed by atoms with E-state index in [4.69, 9.17) is 23.2 Å². The lowest BCUT2D eigenvalue weighted by atomic mass is 9.94. The van der Waals surface area contributed by atoms with E-state index in [-0.39, 0.29) is 5.69 Å². The molecule has 2 aromatic rings. The molecule has 1 heterocycles. The summed E-state index contributed by atoms with van der Waals surface area (Å²) in [5.74, 6) is -1.48. The minimum Gasteiger partial charge on any atom is -0.290 e. The number of aromatic nitrogens is 2. The second kappa shape index (κ2) is 5.43. The molecule has 6 heteroatoms. The predicted molar refractivity (Wildman–Crippen MR) is 72.4 cm³/mol. The summed E-state index contributed by atoms with van der Waals surface area (Å²) in [6.07, 6.45) is 1.63. The van der Waals surface area contributed by atoms with Gasteiger partial charge in [0.1, 0.15) is 11.6 Å². The molecular weight excluding hydrogens is 285 g/mol. The van der Waals surface area contributed by atoms with Crippen LogP contribution < -0.4 is 0 Å². The minimum absolute atomic E-state index is 0.213. The van der Waals surface area contributed by atoms with Crippen molar-refractivity contribution in [1.82, 2.24) is 9.78 Å². The molecule has 0 saturated heterocycles. The van der Waals surface area contributed by atoms with Gasteiger partial charge in [-0.2, -0.15) is 10.4 Å². The largest absolute Gasteiger partial charge is 0.290 e. The van der Waals surface area contributed by atoms with Crippen molar-refractivity contribution < 1.29 is 4.79 Å². The van der Waals surface area contributed by atoms with Crippen LogP contribution in [-0.4, -0.2) is 15.6 Å². The van der Waals surface area contributed by atoms with Crippen molar-refractivity contribution in [3.05, 3.63) is 51.8 Å². The molecule has 0 fully saturated rings. The Bertz CT molecular complexity index is 653. The van der Waals surface area contributed by atoms with Gasteiger partial charge in [0.15, 0.2) is 0 Å². The third kappa shape index (κ3) is 2.62. The summed E-state index contributed by atoms with van der Waals surface area (Å²) in [5, 5.41) is 13.8. The Hall–Kier alpha value is -1.83. The van der Waals surface area contributed by atoms with Crippen LogP contribution in [0.2, 0.25) is 10.0 Å². The summed E-state index contributed by atoms with van der Waals surface area (Å²) >= 11 is 12.1. The Kier molecular flexibility index (Phi) is 3.89. The first-order valence-electron chi connectivity index (χ1n) is 5.42. The molecule has 0 N–H and O–H groups in total. The van der Waals surface area contributed by atoms with Gasteiger partial charge in [0.05, 0.1) is 6.07 Å². The highest BCUT2D eigenvalue weighted by molar-refractivity contribution is 6.36. The number of hydrogen-bond donors (Lipinski definition) is 0. The Morgan fingerprint density at radius 2 is 2.00 bits per heavy atom. The lowest BCUT2D eigenvalue weighted by molar-refractivity contribution is 0.0973. The molecule has 19 heavy (non-hydrogen) atoms. The van der Waals surface area contributed by atoms with Crippen LogP contribution >= 0.6 is 23.2 Å². The van der Waals surface area contributed by atoms with Crippen molar-refractivity contribution in [3.8, 4) is 6.07 Å². The van der Waals surface area contributed by atoms with Gasteiger partial charge in [-0.1, -0.05) is 29.3 Å². The summed E-state index contributed by atoms with van der Waals surface area (Å²) < 4.78 is 1.50. The van der Waals surface area contributed by atoms with E-state index in [2.05, 4.69) is 5.10 Å². The number of carbonyl (C=O) groups is 1. The first kappa shape index (κ1) is 13.6. The normalized spacial score (nSPS) is 11.9. The first-order valence-corrected chi connectivity index (χ1v) is 6.17. The Labute approximate surface area is 120 Å². The fraction of sp³-hybridized carbons (Fsp3) is 0.154. The van der Waals surface area contributed by atoms with E-state index < -0.39 is 11.7 Å². The number of nitrogens with zero attached hydrogens (tertiary/aromatic N) is 3. The average Bonchev–Trinajstić information content (AvgIpc) is 2.80. The van der Waals surface area contributed by atoms with Crippen LogP contribution in [0.15, 0.2) is 30.5 Å². The van der Waals surface area contributed by atoms with Crippen LogP contribution in [0, 0.1) is 11.3 Å². The van der Waals surface area contributed by atoms with Crippen molar-refractivity contribution >= 4 is 29.0 Å². The highest BCUT2D eigenvalue weighted by Gasteiger charge is 2.27. The zero-order valence-electron chi connectivity index (χ0n) is 9.97. The van der Waals surface area contributed by atoms with E-state index in [9.17, 15) is 10.1 Å². The highest BCUT2D eigenvalue weighted by atomic mass is 35.5. The molecule has 0 amide bonds. The molecule has 1 aromatic carbocycles. The van der Waals surface area contributed by atoms with Crippen molar-refractivity contribution in [2.24, 2.45) is 7.05 Å². The molecule has 0 aliphatic heterocycles. The molecule has 0 spiro atoms. The standard InChI is InChI=1S/C13H9Cl2N3O/c1-18-6-5-11(17-18)13(19)8(7-16)12-9(14)3-2-4-10(12)15/h2-6,8H,1H3. The SMILES string of the molecule is Cn1ccc(C(=O)C(C#N)c2c(Cl)cccc2Cl)n1. The summed E-state index contributed by atoms with van der Waals surface area (Å²) in [6, 6.07) is 8.35. The maximum Gasteiger partial charge on any atom is 0.204 e. The first-order chi connectivity index (χ1) is 9.04. The van der Waals surface area contributed by atoms with Gasteiger partial charge in [-0.25, -0.2) is 0 Å². The molecule has 0 aliphatic carbocycles. The van der Waals surface area contributed by atoms with Crippen molar-refractivity contribution in [3.63, 3.8) is 0 Å². The van der Waals surface area contributed by atoms with Crippen LogP contribution in [-0.2, 0) is 7.05 Å². The lowest BCUT2D eigenvalue weighted by Gasteiger charge is -2.10. The number of nitriles is 1. The molecule has 0 radical (unpaired) electrons. The summed E-state index contributed by atoms with van der Waals surface area (Å²) in [6.45, 7) is 0. The molecule has 1 unspecified atom stereocenters. The Balaban J connectivity index is 2.47. The van der Waals surface area contributed by atoms with E-state index in [0.717, 1.165) is 0 Å². The monoisotopic (exact) mass is 293 g/mol. The van der Waals surface area contributed by atoms with Crippen LogP contribution in [0.5, 0.6) is 0 Å². The van der Waals surface area contributed by atoms with Crippen LogP contribution in [0.25, 0.3) is 0 Å². The molecule has 0 aliphatic rings. The topological polar surface area (TPSA) is 58.7 Å². The molecule has 96 valence electrons. The van der Waals surface area contributed by atoms with E-state index >= 15 is 0 Å². The van der Waals surface area contributed by atoms with Crippen molar-refractivity contribution in [1.29, 1.82) is 5.26 Å². The number of benzene rings is 1. The Morgan fingerprint density at radius 3 is 2.47 bits per heavy atom. The Morgan fingerprint density at radius 1 is 1.37 bits per heavy atom. The maximum atomic E-state index is 12.3. The maximum absolute atomic E-state index is 12.3. The van der Waals surface area contributed by atoms with Crippen molar-refractivity contribution in [2.75, 3.05) is 0 Å². The van der Waals surface area contributed by atoms with E-state index in [1.54, 1.807) is 37.5 Å². The van der Waals surface area contributed by atoms with E-state index in [1.807, 2.05) is 6.07 Å². The number of halogens is 2. The van der Waals surface area contributed by atoms with Gasteiger partial charge in [-0.15, -0.1) is 0 Å². The third-order valence-electron chi connectivity index (χ3n) is 2.65. The van der Waals surface area contributed by atoms with E-state index in [0.29, 0.717) is 15.6 Å². The number of ketones is 1. The molecule has 0 saturated carbocycles. The summed E-state index contributed by atoms with van der Waals surface area (Å²) in [7, 11) is 1.70. The van der Waals surface area contributed by atoms with E-state index in [1.165, 1.54) is 4.68 Å². The van der Waals surface area contributed by atoms with Gasteiger partial charge in [-0.3, -0.25) is 9.48 Å². The van der Waals surface area contributed by atoms with Gasteiger partial charge < -0.3 is 0 Å².